The average Bonchev–Trinajstić information content (AvgIpc) is 2.38. The van der Waals surface area contributed by atoms with E-state index in [2.05, 4.69) is 19.7 Å². The molecule has 1 fully saturated rings. The van der Waals surface area contributed by atoms with Gasteiger partial charge in [0.05, 0.1) is 24.7 Å². The number of nitrogens with zero attached hydrogens (tertiary/aromatic N) is 4. The lowest BCUT2D eigenvalue weighted by Crippen LogP contribution is -2.56. The van der Waals surface area contributed by atoms with E-state index in [1.807, 2.05) is 6.08 Å². The van der Waals surface area contributed by atoms with Crippen molar-refractivity contribution in [1.29, 1.82) is 0 Å². The van der Waals surface area contributed by atoms with Crippen molar-refractivity contribution >= 4 is 11.5 Å². The molecule has 5 heteroatoms. The number of Topliss-reactive ketones (excluding diaryl/α,β-unsaturated/α-hetero) is 1. The first-order valence-electron chi connectivity index (χ1n) is 5.86. The molecule has 1 spiro atoms. The van der Waals surface area contributed by atoms with Crippen LogP contribution in [0.5, 0.6) is 0 Å². The van der Waals surface area contributed by atoms with Crippen molar-refractivity contribution in [2.24, 2.45) is 5.41 Å². The molecular weight excluding hydrogens is 228 g/mol. The van der Waals surface area contributed by atoms with Crippen molar-refractivity contribution in [1.82, 2.24) is 9.97 Å². The molecule has 18 heavy (non-hydrogen) atoms. The molecule has 0 saturated carbocycles. The van der Waals surface area contributed by atoms with E-state index < -0.39 is 0 Å². The average molecular weight is 240 g/mol. The summed E-state index contributed by atoms with van der Waals surface area (Å²) >= 11 is 0. The first kappa shape index (κ1) is 10.9. The number of carbonyl (C=O) groups is 1. The number of aromatic nitrogens is 2. The van der Waals surface area contributed by atoms with Gasteiger partial charge < -0.3 is 9.69 Å². The molecule has 2 heterocycles. The molecule has 2 aliphatic rings. The third-order valence-electron chi connectivity index (χ3n) is 3.62. The normalized spacial score (nSPS) is 21.2. The van der Waals surface area contributed by atoms with E-state index in [1.54, 1.807) is 12.4 Å². The number of hydrogen-bond donors (Lipinski definition) is 0. The molecule has 1 saturated heterocycles. The van der Waals surface area contributed by atoms with E-state index in [0.29, 0.717) is 12.1 Å². The Morgan fingerprint density at radius 2 is 2.06 bits per heavy atom. The lowest BCUT2D eigenvalue weighted by Gasteiger charge is -2.51. The number of rotatable bonds is 1. The third-order valence-corrected chi connectivity index (χ3v) is 3.62. The standard InChI is InChI=1S/C13H12N4O/c1-14-11-4-13(3-2-12(11)18)7-17(8-13)10-5-15-9-16-6-10/h4-6,9H,2-3,7-8H2. The second-order valence-corrected chi connectivity index (χ2v) is 4.88. The van der Waals surface area contributed by atoms with E-state index in [1.165, 1.54) is 6.33 Å². The topological polar surface area (TPSA) is 50.5 Å². The first-order chi connectivity index (χ1) is 8.72. The van der Waals surface area contributed by atoms with Gasteiger partial charge in [0.25, 0.3) is 0 Å². The molecule has 1 aliphatic carbocycles. The van der Waals surface area contributed by atoms with Crippen LogP contribution in [0.2, 0.25) is 0 Å². The molecule has 1 aromatic heterocycles. The van der Waals surface area contributed by atoms with Crippen LogP contribution >= 0.6 is 0 Å². The third kappa shape index (κ3) is 1.66. The van der Waals surface area contributed by atoms with E-state index in [0.717, 1.165) is 25.2 Å². The molecule has 1 aromatic rings. The number of anilines is 1. The van der Waals surface area contributed by atoms with Crippen LogP contribution in [0.15, 0.2) is 30.5 Å². The van der Waals surface area contributed by atoms with Crippen LogP contribution in [0.25, 0.3) is 4.85 Å². The van der Waals surface area contributed by atoms with E-state index >= 15 is 0 Å². The van der Waals surface area contributed by atoms with Gasteiger partial charge in [0.2, 0.25) is 5.70 Å². The summed E-state index contributed by atoms with van der Waals surface area (Å²) in [4.78, 5) is 25.0. The summed E-state index contributed by atoms with van der Waals surface area (Å²) in [6.07, 6.45) is 8.28. The monoisotopic (exact) mass is 240 g/mol. The van der Waals surface area contributed by atoms with Crippen LogP contribution in [0.1, 0.15) is 12.8 Å². The largest absolute Gasteiger partial charge is 0.367 e. The van der Waals surface area contributed by atoms with Crippen LogP contribution < -0.4 is 4.90 Å². The Bertz CT molecular complexity index is 552. The summed E-state index contributed by atoms with van der Waals surface area (Å²) < 4.78 is 0. The Kier molecular flexibility index (Phi) is 2.37. The molecule has 5 nitrogen and oxygen atoms in total. The van der Waals surface area contributed by atoms with Crippen LogP contribution in [0.4, 0.5) is 5.69 Å². The summed E-state index contributed by atoms with van der Waals surface area (Å²) in [5.41, 5.74) is 1.31. The minimum atomic E-state index is -0.0166. The van der Waals surface area contributed by atoms with E-state index in [-0.39, 0.29) is 11.2 Å². The number of allylic oxidation sites excluding steroid dienone is 1. The summed E-state index contributed by atoms with van der Waals surface area (Å²) in [6, 6.07) is 0. The van der Waals surface area contributed by atoms with Crippen LogP contribution in [-0.2, 0) is 4.79 Å². The zero-order valence-electron chi connectivity index (χ0n) is 9.83. The Balaban J connectivity index is 1.77. The first-order valence-corrected chi connectivity index (χ1v) is 5.86. The van der Waals surface area contributed by atoms with Gasteiger partial charge in [-0.25, -0.2) is 14.8 Å². The smallest absolute Gasteiger partial charge is 0.226 e. The van der Waals surface area contributed by atoms with Gasteiger partial charge in [-0.3, -0.25) is 0 Å². The molecule has 0 unspecified atom stereocenters. The van der Waals surface area contributed by atoms with Gasteiger partial charge in [0, 0.05) is 24.9 Å². The second kappa shape index (κ2) is 3.91. The zero-order chi connectivity index (χ0) is 12.6. The van der Waals surface area contributed by atoms with Gasteiger partial charge in [0.15, 0.2) is 5.78 Å². The Morgan fingerprint density at radius 1 is 1.33 bits per heavy atom. The van der Waals surface area contributed by atoms with Crippen molar-refractivity contribution in [2.45, 2.75) is 12.8 Å². The molecule has 90 valence electrons. The SMILES string of the molecule is [C-]#[N+]C1=CC2(CCC1=O)CN(c1cncnc1)C2. The lowest BCUT2D eigenvalue weighted by atomic mass is 9.71. The molecule has 0 N–H and O–H groups in total. The van der Waals surface area contributed by atoms with Crippen LogP contribution in [0.3, 0.4) is 0 Å². The maximum Gasteiger partial charge on any atom is 0.226 e. The molecule has 1 aliphatic heterocycles. The van der Waals surface area contributed by atoms with Crippen molar-refractivity contribution in [3.05, 3.63) is 41.9 Å². The van der Waals surface area contributed by atoms with Crippen molar-refractivity contribution in [3.63, 3.8) is 0 Å². The van der Waals surface area contributed by atoms with Crippen LogP contribution in [-0.4, -0.2) is 28.8 Å². The van der Waals surface area contributed by atoms with Crippen LogP contribution in [0, 0.1) is 12.0 Å². The summed E-state index contributed by atoms with van der Waals surface area (Å²) in [6.45, 7) is 8.70. The van der Waals surface area contributed by atoms with Gasteiger partial charge in [-0.05, 0) is 6.42 Å². The number of carbonyl (C=O) groups excluding carboxylic acids is 1. The molecular formula is C13H12N4O. The Morgan fingerprint density at radius 3 is 2.72 bits per heavy atom. The fourth-order valence-electron chi connectivity index (χ4n) is 2.63. The lowest BCUT2D eigenvalue weighted by molar-refractivity contribution is -0.116. The van der Waals surface area contributed by atoms with Crippen molar-refractivity contribution < 1.29 is 4.79 Å². The molecule has 0 bridgehead atoms. The fourth-order valence-corrected chi connectivity index (χ4v) is 2.63. The van der Waals surface area contributed by atoms with Gasteiger partial charge in [-0.15, -0.1) is 0 Å². The number of ketones is 1. The summed E-state index contributed by atoms with van der Waals surface area (Å²) in [5.74, 6) is -0.0166. The predicted octanol–water partition coefficient (Wildman–Crippen LogP) is 1.45. The van der Waals surface area contributed by atoms with E-state index in [9.17, 15) is 4.79 Å². The van der Waals surface area contributed by atoms with Gasteiger partial charge in [0.1, 0.15) is 6.33 Å². The second-order valence-electron chi connectivity index (χ2n) is 4.88. The summed E-state index contributed by atoms with van der Waals surface area (Å²) in [7, 11) is 0. The minimum absolute atomic E-state index is 0.00361. The Labute approximate surface area is 105 Å². The highest BCUT2D eigenvalue weighted by atomic mass is 16.1. The van der Waals surface area contributed by atoms with Gasteiger partial charge >= 0.3 is 0 Å². The van der Waals surface area contributed by atoms with Gasteiger partial charge in [-0.1, -0.05) is 6.08 Å². The molecule has 0 aromatic carbocycles. The zero-order valence-corrected chi connectivity index (χ0v) is 9.83. The predicted molar refractivity (Wildman–Crippen MR) is 65.6 cm³/mol. The van der Waals surface area contributed by atoms with Gasteiger partial charge in [-0.2, -0.15) is 0 Å². The van der Waals surface area contributed by atoms with Crippen molar-refractivity contribution in [2.75, 3.05) is 18.0 Å². The maximum absolute atomic E-state index is 11.5. The molecule has 3 rings (SSSR count). The molecule has 0 amide bonds. The highest BCUT2D eigenvalue weighted by Crippen LogP contribution is 2.42. The highest BCUT2D eigenvalue weighted by molar-refractivity contribution is 5.98. The number of hydrogen-bond acceptors (Lipinski definition) is 4. The maximum atomic E-state index is 11.5. The highest BCUT2D eigenvalue weighted by Gasteiger charge is 2.44. The fraction of sp³-hybridized carbons (Fsp3) is 0.385. The molecule has 0 radical (unpaired) electrons. The Hall–Kier alpha value is -2.22. The summed E-state index contributed by atoms with van der Waals surface area (Å²) in [5, 5.41) is 0. The minimum Gasteiger partial charge on any atom is -0.367 e. The molecule has 0 atom stereocenters. The van der Waals surface area contributed by atoms with Crippen molar-refractivity contribution in [3.8, 4) is 0 Å². The quantitative estimate of drug-likeness (QED) is 0.697. The van der Waals surface area contributed by atoms with E-state index in [4.69, 9.17) is 6.57 Å².